The minimum absolute atomic E-state index is 0.0545. The fraction of sp³-hybridized carbons (Fsp3) is 1.00. The molecule has 14 heavy (non-hydrogen) atoms. The van der Waals surface area contributed by atoms with E-state index in [0.29, 0.717) is 0 Å². The summed E-state index contributed by atoms with van der Waals surface area (Å²) in [6, 6.07) is 0. The van der Waals surface area contributed by atoms with Crippen LogP contribution in [0.1, 0.15) is 59.8 Å². The van der Waals surface area contributed by atoms with E-state index < -0.39 is 0 Å². The molecule has 0 spiro atoms. The fourth-order valence-electron chi connectivity index (χ4n) is 1.38. The maximum atomic E-state index is 5.51. The summed E-state index contributed by atoms with van der Waals surface area (Å²) in [5.74, 6) is 0. The molecule has 0 bridgehead atoms. The zero-order valence-electron chi connectivity index (χ0n) is 10.2. The van der Waals surface area contributed by atoms with Crippen molar-refractivity contribution in [3.8, 4) is 0 Å². The third-order valence-electron chi connectivity index (χ3n) is 2.06. The Bertz CT molecular complexity index is 113. The number of hydrogen-bond donors (Lipinski definition) is 0. The second kappa shape index (κ2) is 9.47. The molecule has 0 aromatic heterocycles. The molecule has 0 aromatic carbocycles. The Hall–Kier alpha value is -0.0800. The Morgan fingerprint density at radius 1 is 0.929 bits per heavy atom. The highest BCUT2D eigenvalue weighted by atomic mass is 16.7. The lowest BCUT2D eigenvalue weighted by molar-refractivity contribution is -0.151. The lowest BCUT2D eigenvalue weighted by Gasteiger charge is -2.16. The van der Waals surface area contributed by atoms with Crippen LogP contribution in [0.5, 0.6) is 0 Å². The first-order chi connectivity index (χ1) is 6.66. The van der Waals surface area contributed by atoms with Crippen LogP contribution in [0.15, 0.2) is 0 Å². The first-order valence-corrected chi connectivity index (χ1v) is 5.93. The monoisotopic (exact) mass is 202 g/mol. The van der Waals surface area contributed by atoms with Crippen LogP contribution in [-0.2, 0) is 9.47 Å². The van der Waals surface area contributed by atoms with E-state index in [1.165, 1.54) is 25.7 Å². The molecule has 0 saturated heterocycles. The van der Waals surface area contributed by atoms with Crippen LogP contribution in [0.25, 0.3) is 0 Å². The minimum Gasteiger partial charge on any atom is -0.353 e. The van der Waals surface area contributed by atoms with Gasteiger partial charge in [-0.05, 0) is 27.2 Å². The third kappa shape index (κ3) is 10.0. The zero-order valence-corrected chi connectivity index (χ0v) is 10.2. The maximum Gasteiger partial charge on any atom is 0.155 e. The molecular weight excluding hydrogens is 176 g/mol. The van der Waals surface area contributed by atoms with Crippen molar-refractivity contribution in [3.05, 3.63) is 0 Å². The van der Waals surface area contributed by atoms with Gasteiger partial charge in [0.1, 0.15) is 0 Å². The Kier molecular flexibility index (Phi) is 9.42. The number of unbranched alkanes of at least 4 members (excludes halogenated alkanes) is 4. The molecule has 86 valence electrons. The molecule has 0 heterocycles. The van der Waals surface area contributed by atoms with Crippen molar-refractivity contribution in [2.75, 3.05) is 6.61 Å². The van der Waals surface area contributed by atoms with Crippen LogP contribution in [-0.4, -0.2) is 19.0 Å². The summed E-state index contributed by atoms with van der Waals surface area (Å²) in [6.07, 6.45) is 6.62. The molecule has 0 amide bonds. The Balaban J connectivity index is 3.10. The fourth-order valence-corrected chi connectivity index (χ4v) is 1.38. The molecule has 0 rings (SSSR count). The molecule has 0 aromatic rings. The van der Waals surface area contributed by atoms with Gasteiger partial charge >= 0.3 is 0 Å². The minimum atomic E-state index is -0.0545. The van der Waals surface area contributed by atoms with Gasteiger partial charge in [-0.15, -0.1) is 0 Å². The van der Waals surface area contributed by atoms with Crippen molar-refractivity contribution in [2.24, 2.45) is 0 Å². The van der Waals surface area contributed by atoms with Gasteiger partial charge in [-0.3, -0.25) is 0 Å². The topological polar surface area (TPSA) is 18.5 Å². The van der Waals surface area contributed by atoms with Gasteiger partial charge in [0, 0.05) is 6.61 Å². The Morgan fingerprint density at radius 2 is 1.57 bits per heavy atom. The number of ether oxygens (including phenoxy) is 2. The van der Waals surface area contributed by atoms with E-state index in [2.05, 4.69) is 6.92 Å². The van der Waals surface area contributed by atoms with Gasteiger partial charge in [-0.2, -0.15) is 0 Å². The molecule has 0 aliphatic carbocycles. The summed E-state index contributed by atoms with van der Waals surface area (Å²) >= 11 is 0. The molecule has 1 atom stereocenters. The molecule has 2 nitrogen and oxygen atoms in total. The van der Waals surface area contributed by atoms with Gasteiger partial charge in [0.15, 0.2) is 6.29 Å². The van der Waals surface area contributed by atoms with Crippen LogP contribution in [0.3, 0.4) is 0 Å². The summed E-state index contributed by atoms with van der Waals surface area (Å²) in [4.78, 5) is 0. The molecule has 0 saturated carbocycles. The summed E-state index contributed by atoms with van der Waals surface area (Å²) < 4.78 is 11.0. The standard InChI is InChI=1S/C12H26O2/c1-5-6-7-8-9-10-13-12(4)14-11(2)3/h11-12H,5-10H2,1-4H3. The van der Waals surface area contributed by atoms with Gasteiger partial charge in [0.25, 0.3) is 0 Å². The molecule has 2 heteroatoms. The van der Waals surface area contributed by atoms with Crippen LogP contribution < -0.4 is 0 Å². The zero-order chi connectivity index (χ0) is 10.8. The van der Waals surface area contributed by atoms with E-state index in [1.807, 2.05) is 20.8 Å². The van der Waals surface area contributed by atoms with E-state index in [-0.39, 0.29) is 12.4 Å². The Morgan fingerprint density at radius 3 is 2.14 bits per heavy atom. The second-order valence-electron chi connectivity index (χ2n) is 4.04. The van der Waals surface area contributed by atoms with Crippen LogP contribution in [0, 0.1) is 0 Å². The largest absolute Gasteiger partial charge is 0.353 e. The van der Waals surface area contributed by atoms with Crippen molar-refractivity contribution in [2.45, 2.75) is 72.2 Å². The van der Waals surface area contributed by atoms with Crippen LogP contribution in [0.4, 0.5) is 0 Å². The van der Waals surface area contributed by atoms with E-state index >= 15 is 0 Å². The van der Waals surface area contributed by atoms with E-state index in [4.69, 9.17) is 9.47 Å². The van der Waals surface area contributed by atoms with Gasteiger partial charge in [-0.25, -0.2) is 0 Å². The molecular formula is C12H26O2. The van der Waals surface area contributed by atoms with E-state index in [9.17, 15) is 0 Å². The van der Waals surface area contributed by atoms with Gasteiger partial charge in [0.05, 0.1) is 6.10 Å². The van der Waals surface area contributed by atoms with Crippen molar-refractivity contribution < 1.29 is 9.47 Å². The van der Waals surface area contributed by atoms with Crippen molar-refractivity contribution in [1.29, 1.82) is 0 Å². The highest BCUT2D eigenvalue weighted by Gasteiger charge is 2.03. The van der Waals surface area contributed by atoms with E-state index in [0.717, 1.165) is 13.0 Å². The summed E-state index contributed by atoms with van der Waals surface area (Å²) in [5.41, 5.74) is 0. The first kappa shape index (κ1) is 13.9. The second-order valence-corrected chi connectivity index (χ2v) is 4.04. The predicted octanol–water partition coefficient (Wildman–Crippen LogP) is 3.74. The smallest absolute Gasteiger partial charge is 0.155 e. The average Bonchev–Trinajstić information content (AvgIpc) is 2.10. The Labute approximate surface area is 89.0 Å². The molecule has 0 aliphatic heterocycles. The quantitative estimate of drug-likeness (QED) is 0.419. The maximum absolute atomic E-state index is 5.51. The summed E-state index contributed by atoms with van der Waals surface area (Å²) in [6.45, 7) is 9.08. The molecule has 0 radical (unpaired) electrons. The van der Waals surface area contributed by atoms with Crippen LogP contribution >= 0.6 is 0 Å². The highest BCUT2D eigenvalue weighted by molar-refractivity contribution is 4.43. The number of hydrogen-bond acceptors (Lipinski definition) is 2. The van der Waals surface area contributed by atoms with Crippen molar-refractivity contribution in [3.63, 3.8) is 0 Å². The van der Waals surface area contributed by atoms with Crippen molar-refractivity contribution in [1.82, 2.24) is 0 Å². The predicted molar refractivity (Wildman–Crippen MR) is 60.4 cm³/mol. The number of rotatable bonds is 9. The molecule has 0 fully saturated rings. The van der Waals surface area contributed by atoms with Gasteiger partial charge in [0.2, 0.25) is 0 Å². The van der Waals surface area contributed by atoms with Gasteiger partial charge < -0.3 is 9.47 Å². The van der Waals surface area contributed by atoms with Gasteiger partial charge in [-0.1, -0.05) is 32.6 Å². The SMILES string of the molecule is CCCCCCCOC(C)OC(C)C. The molecule has 1 unspecified atom stereocenters. The molecule has 0 N–H and O–H groups in total. The summed E-state index contributed by atoms with van der Waals surface area (Å²) in [5, 5.41) is 0. The first-order valence-electron chi connectivity index (χ1n) is 5.93. The highest BCUT2D eigenvalue weighted by Crippen LogP contribution is 2.04. The van der Waals surface area contributed by atoms with E-state index in [1.54, 1.807) is 0 Å². The normalized spacial score (nSPS) is 13.5. The lowest BCUT2D eigenvalue weighted by Crippen LogP contribution is -2.18. The third-order valence-corrected chi connectivity index (χ3v) is 2.06. The summed E-state index contributed by atoms with van der Waals surface area (Å²) in [7, 11) is 0. The average molecular weight is 202 g/mol. The lowest BCUT2D eigenvalue weighted by atomic mass is 10.2. The van der Waals surface area contributed by atoms with Crippen LogP contribution in [0.2, 0.25) is 0 Å². The molecule has 0 aliphatic rings. The van der Waals surface area contributed by atoms with Crippen molar-refractivity contribution >= 4 is 0 Å².